The Morgan fingerprint density at radius 1 is 0.714 bits per heavy atom. The lowest BCUT2D eigenvalue weighted by Crippen LogP contribution is -2.06. The van der Waals surface area contributed by atoms with Gasteiger partial charge in [0.05, 0.1) is 0 Å². The molecular formula is C12H28ClN. The third-order valence-corrected chi connectivity index (χ3v) is 2.53. The first-order chi connectivity index (χ1) is 6.41. The first kappa shape index (κ1) is 16.7. The molecule has 0 unspecified atom stereocenters. The third kappa shape index (κ3) is 14.8. The highest BCUT2D eigenvalue weighted by Crippen LogP contribution is 2.08. The van der Waals surface area contributed by atoms with Crippen molar-refractivity contribution in [3.8, 4) is 0 Å². The molecule has 0 aliphatic rings. The summed E-state index contributed by atoms with van der Waals surface area (Å²) in [5, 5.41) is 3.19. The summed E-state index contributed by atoms with van der Waals surface area (Å²) in [6.07, 6.45) is 12.8. The number of nitrogens with one attached hydrogen (secondary N) is 1. The summed E-state index contributed by atoms with van der Waals surface area (Å²) in [6, 6.07) is 0. The second-order valence-electron chi connectivity index (χ2n) is 3.93. The summed E-state index contributed by atoms with van der Waals surface area (Å²) in [5.74, 6) is 0. The Kier molecular flexibility index (Phi) is 18.7. The second-order valence-corrected chi connectivity index (χ2v) is 3.93. The Morgan fingerprint density at radius 3 is 1.57 bits per heavy atom. The van der Waals surface area contributed by atoms with Gasteiger partial charge in [-0.05, 0) is 20.0 Å². The van der Waals surface area contributed by atoms with E-state index in [1.807, 2.05) is 7.05 Å². The fraction of sp³-hybridized carbons (Fsp3) is 1.00. The molecule has 2 heteroatoms. The Hall–Kier alpha value is 0.250. The number of halogens is 1. The van der Waals surface area contributed by atoms with Crippen LogP contribution in [0.5, 0.6) is 0 Å². The average molecular weight is 222 g/mol. The monoisotopic (exact) mass is 221 g/mol. The van der Waals surface area contributed by atoms with Crippen LogP contribution < -0.4 is 5.32 Å². The summed E-state index contributed by atoms with van der Waals surface area (Å²) < 4.78 is 0. The van der Waals surface area contributed by atoms with Crippen molar-refractivity contribution in [3.05, 3.63) is 0 Å². The molecule has 0 saturated carbocycles. The van der Waals surface area contributed by atoms with E-state index >= 15 is 0 Å². The van der Waals surface area contributed by atoms with Gasteiger partial charge in [0, 0.05) is 0 Å². The number of hydrogen-bond acceptors (Lipinski definition) is 1. The van der Waals surface area contributed by atoms with E-state index in [0.717, 1.165) is 0 Å². The number of unbranched alkanes of at least 4 members (excludes halogenated alkanes) is 8. The highest BCUT2D eigenvalue weighted by Gasteiger charge is 1.90. The van der Waals surface area contributed by atoms with Crippen molar-refractivity contribution in [2.24, 2.45) is 0 Å². The van der Waals surface area contributed by atoms with Crippen LogP contribution in [0.4, 0.5) is 0 Å². The normalized spacial score (nSPS) is 9.86. The van der Waals surface area contributed by atoms with Crippen molar-refractivity contribution in [1.82, 2.24) is 5.32 Å². The highest BCUT2D eigenvalue weighted by molar-refractivity contribution is 5.85. The molecule has 0 aliphatic heterocycles. The number of hydrogen-bond donors (Lipinski definition) is 1. The number of rotatable bonds is 10. The van der Waals surface area contributed by atoms with Crippen LogP contribution in [0.3, 0.4) is 0 Å². The molecule has 0 bridgehead atoms. The van der Waals surface area contributed by atoms with E-state index in [-0.39, 0.29) is 12.4 Å². The second kappa shape index (κ2) is 15.7. The molecule has 0 rings (SSSR count). The molecule has 0 radical (unpaired) electrons. The van der Waals surface area contributed by atoms with E-state index in [2.05, 4.69) is 12.2 Å². The maximum absolute atomic E-state index is 3.19. The highest BCUT2D eigenvalue weighted by atomic mass is 35.5. The predicted octanol–water partition coefficient (Wildman–Crippen LogP) is 4.16. The van der Waals surface area contributed by atoms with E-state index in [4.69, 9.17) is 0 Å². The van der Waals surface area contributed by atoms with Gasteiger partial charge in [-0.15, -0.1) is 12.4 Å². The molecule has 0 fully saturated rings. The summed E-state index contributed by atoms with van der Waals surface area (Å²) in [4.78, 5) is 0. The Morgan fingerprint density at radius 2 is 1.14 bits per heavy atom. The molecule has 0 aliphatic carbocycles. The minimum Gasteiger partial charge on any atom is -0.320 e. The van der Waals surface area contributed by atoms with Crippen molar-refractivity contribution in [2.75, 3.05) is 13.6 Å². The summed E-state index contributed by atoms with van der Waals surface area (Å²) in [5.41, 5.74) is 0. The molecule has 1 nitrogen and oxygen atoms in total. The van der Waals surface area contributed by atoms with Gasteiger partial charge in [0.1, 0.15) is 0 Å². The van der Waals surface area contributed by atoms with Crippen molar-refractivity contribution < 1.29 is 0 Å². The van der Waals surface area contributed by atoms with E-state index in [9.17, 15) is 0 Å². The van der Waals surface area contributed by atoms with E-state index in [1.165, 1.54) is 64.3 Å². The third-order valence-electron chi connectivity index (χ3n) is 2.53. The molecule has 14 heavy (non-hydrogen) atoms. The molecule has 0 spiro atoms. The first-order valence-corrected chi connectivity index (χ1v) is 6.06. The molecule has 0 atom stereocenters. The molecule has 0 amide bonds. The topological polar surface area (TPSA) is 12.0 Å². The van der Waals surface area contributed by atoms with Gasteiger partial charge in [0.2, 0.25) is 0 Å². The molecule has 88 valence electrons. The summed E-state index contributed by atoms with van der Waals surface area (Å²) >= 11 is 0. The van der Waals surface area contributed by atoms with Crippen LogP contribution in [0.25, 0.3) is 0 Å². The van der Waals surface area contributed by atoms with Gasteiger partial charge in [0.25, 0.3) is 0 Å². The Balaban J connectivity index is 0. The molecule has 0 heterocycles. The van der Waals surface area contributed by atoms with Crippen molar-refractivity contribution >= 4 is 12.4 Å². The summed E-state index contributed by atoms with van der Waals surface area (Å²) in [6.45, 7) is 3.47. The lowest BCUT2D eigenvalue weighted by molar-refractivity contribution is 0.558. The van der Waals surface area contributed by atoms with Gasteiger partial charge in [-0.3, -0.25) is 0 Å². The van der Waals surface area contributed by atoms with Gasteiger partial charge in [-0.1, -0.05) is 58.3 Å². The van der Waals surface area contributed by atoms with Gasteiger partial charge in [-0.2, -0.15) is 0 Å². The van der Waals surface area contributed by atoms with Crippen LogP contribution in [0.2, 0.25) is 0 Å². The van der Waals surface area contributed by atoms with E-state index in [0.29, 0.717) is 0 Å². The fourth-order valence-corrected chi connectivity index (χ4v) is 1.61. The van der Waals surface area contributed by atoms with Gasteiger partial charge >= 0.3 is 0 Å². The molecule has 1 N–H and O–H groups in total. The Labute approximate surface area is 96.5 Å². The summed E-state index contributed by atoms with van der Waals surface area (Å²) in [7, 11) is 2.03. The minimum atomic E-state index is 0. The quantitative estimate of drug-likeness (QED) is 0.547. The fourth-order valence-electron chi connectivity index (χ4n) is 1.61. The van der Waals surface area contributed by atoms with Crippen LogP contribution in [0, 0.1) is 0 Å². The van der Waals surface area contributed by atoms with Crippen molar-refractivity contribution in [2.45, 2.75) is 64.7 Å². The van der Waals surface area contributed by atoms with Crippen molar-refractivity contribution in [1.29, 1.82) is 0 Å². The smallest absolute Gasteiger partial charge is 0.00519 e. The SMILES string of the molecule is CCCCCCCCCCCNC.Cl. The van der Waals surface area contributed by atoms with E-state index in [1.54, 1.807) is 0 Å². The van der Waals surface area contributed by atoms with Gasteiger partial charge < -0.3 is 5.32 Å². The lowest BCUT2D eigenvalue weighted by atomic mass is 10.1. The predicted molar refractivity (Wildman–Crippen MR) is 68.4 cm³/mol. The maximum Gasteiger partial charge on any atom is -0.00519 e. The van der Waals surface area contributed by atoms with Crippen LogP contribution in [0.15, 0.2) is 0 Å². The van der Waals surface area contributed by atoms with Crippen LogP contribution in [-0.2, 0) is 0 Å². The average Bonchev–Trinajstić information content (AvgIpc) is 2.16. The molecule has 0 aromatic heterocycles. The lowest BCUT2D eigenvalue weighted by Gasteiger charge is -2.01. The maximum atomic E-state index is 3.19. The Bertz CT molecular complexity index is 76.4. The van der Waals surface area contributed by atoms with Crippen LogP contribution in [-0.4, -0.2) is 13.6 Å². The standard InChI is InChI=1S/C12H27N.ClH/c1-3-4-5-6-7-8-9-10-11-12-13-2;/h13H,3-12H2,1-2H3;1H. The molecule has 0 aromatic rings. The van der Waals surface area contributed by atoms with Crippen LogP contribution in [0.1, 0.15) is 64.7 Å². The zero-order valence-corrected chi connectivity index (χ0v) is 10.8. The molecule has 0 saturated heterocycles. The largest absolute Gasteiger partial charge is 0.320 e. The van der Waals surface area contributed by atoms with E-state index < -0.39 is 0 Å². The van der Waals surface area contributed by atoms with Crippen LogP contribution >= 0.6 is 12.4 Å². The zero-order valence-electron chi connectivity index (χ0n) is 9.98. The van der Waals surface area contributed by atoms with Gasteiger partial charge in [-0.25, -0.2) is 0 Å². The molecule has 0 aromatic carbocycles. The zero-order chi connectivity index (χ0) is 9.78. The van der Waals surface area contributed by atoms with Crippen molar-refractivity contribution in [3.63, 3.8) is 0 Å². The first-order valence-electron chi connectivity index (χ1n) is 6.06. The molecular weight excluding hydrogens is 194 g/mol. The van der Waals surface area contributed by atoms with Gasteiger partial charge in [0.15, 0.2) is 0 Å². The minimum absolute atomic E-state index is 0.